The Kier molecular flexibility index (Phi) is 3.42. The summed E-state index contributed by atoms with van der Waals surface area (Å²) in [4.78, 5) is 23.1. The summed E-state index contributed by atoms with van der Waals surface area (Å²) in [6.45, 7) is 4.25. The number of imide groups is 1. The van der Waals surface area contributed by atoms with Gasteiger partial charge in [0, 0.05) is 16.5 Å². The van der Waals surface area contributed by atoms with Crippen LogP contribution >= 0.6 is 0 Å². The molecule has 1 heterocycles. The number of benzene rings is 2. The highest BCUT2D eigenvalue weighted by Gasteiger charge is 2.23. The van der Waals surface area contributed by atoms with Gasteiger partial charge in [-0.3, -0.25) is 14.9 Å². The molecule has 0 aromatic heterocycles. The number of carbonyl (C=O) groups excluding carboxylic acids is 2. The zero-order valence-electron chi connectivity index (χ0n) is 10.5. The largest absolute Gasteiger partial charge is 0.288 e. The third-order valence-corrected chi connectivity index (χ3v) is 2.62. The van der Waals surface area contributed by atoms with Crippen LogP contribution in [0.2, 0.25) is 0 Å². The lowest BCUT2D eigenvalue weighted by atomic mass is 9.95. The second kappa shape index (κ2) is 5.00. The Labute approximate surface area is 106 Å². The van der Waals surface area contributed by atoms with E-state index in [1.807, 2.05) is 24.3 Å². The van der Waals surface area contributed by atoms with E-state index >= 15 is 0 Å². The van der Waals surface area contributed by atoms with Gasteiger partial charge in [0.05, 0.1) is 0 Å². The number of hydrogen-bond acceptors (Lipinski definition) is 2. The Bertz CT molecular complexity index is 568. The summed E-state index contributed by atoms with van der Waals surface area (Å²) in [6, 6.07) is 10.9. The molecule has 0 bridgehead atoms. The first-order valence-electron chi connectivity index (χ1n) is 6.06. The van der Waals surface area contributed by atoms with E-state index < -0.39 is 0 Å². The van der Waals surface area contributed by atoms with Crippen LogP contribution in [0, 0.1) is 0 Å². The molecule has 0 fully saturated rings. The molecule has 0 spiro atoms. The molecule has 92 valence electrons. The molecule has 0 aliphatic carbocycles. The Morgan fingerprint density at radius 3 is 1.78 bits per heavy atom. The van der Waals surface area contributed by atoms with Gasteiger partial charge >= 0.3 is 0 Å². The molecule has 0 saturated heterocycles. The number of hydrogen-bond donors (Lipinski definition) is 1. The van der Waals surface area contributed by atoms with Crippen molar-refractivity contribution < 1.29 is 9.59 Å². The van der Waals surface area contributed by atoms with E-state index in [0.717, 1.165) is 10.8 Å². The van der Waals surface area contributed by atoms with Crippen molar-refractivity contribution in [2.75, 3.05) is 0 Å². The lowest BCUT2D eigenvalue weighted by Gasteiger charge is -2.15. The van der Waals surface area contributed by atoms with Crippen LogP contribution in [0.25, 0.3) is 10.8 Å². The third kappa shape index (κ3) is 1.99. The van der Waals surface area contributed by atoms with Crippen LogP contribution in [-0.4, -0.2) is 11.8 Å². The van der Waals surface area contributed by atoms with Crippen molar-refractivity contribution in [1.82, 2.24) is 5.32 Å². The van der Waals surface area contributed by atoms with E-state index in [2.05, 4.69) is 19.2 Å². The predicted octanol–water partition coefficient (Wildman–Crippen LogP) is 3.14. The molecular formula is C15H15NO2. The Morgan fingerprint density at radius 2 is 1.33 bits per heavy atom. The molecule has 2 amide bonds. The van der Waals surface area contributed by atoms with Crippen LogP contribution in [0.4, 0.5) is 0 Å². The predicted molar refractivity (Wildman–Crippen MR) is 71.7 cm³/mol. The quantitative estimate of drug-likeness (QED) is 0.720. The van der Waals surface area contributed by atoms with E-state index in [9.17, 15) is 9.59 Å². The van der Waals surface area contributed by atoms with E-state index in [0.29, 0.717) is 11.1 Å². The Balaban J connectivity index is 0.000000367. The summed E-state index contributed by atoms with van der Waals surface area (Å²) in [6.07, 6.45) is 1.25. The maximum atomic E-state index is 11.6. The number of amides is 2. The molecule has 3 rings (SSSR count). The summed E-state index contributed by atoms with van der Waals surface area (Å²) >= 11 is 0. The third-order valence-electron chi connectivity index (χ3n) is 2.62. The topological polar surface area (TPSA) is 46.2 Å². The maximum absolute atomic E-state index is 11.6. The summed E-state index contributed by atoms with van der Waals surface area (Å²) in [5.74, 6) is -0.631. The summed E-state index contributed by atoms with van der Waals surface area (Å²) in [5.41, 5.74) is 1.14. The van der Waals surface area contributed by atoms with Gasteiger partial charge in [-0.1, -0.05) is 44.5 Å². The van der Waals surface area contributed by atoms with Gasteiger partial charge in [0.25, 0.3) is 11.8 Å². The second-order valence-electron chi connectivity index (χ2n) is 4.20. The van der Waals surface area contributed by atoms with Crippen LogP contribution in [0.1, 0.15) is 41.0 Å². The van der Waals surface area contributed by atoms with Crippen molar-refractivity contribution in [3.63, 3.8) is 0 Å². The average Bonchev–Trinajstić information content (AvgIpc) is 2.37. The highest BCUT2D eigenvalue weighted by atomic mass is 16.2. The van der Waals surface area contributed by atoms with Gasteiger partial charge in [0.2, 0.25) is 0 Å². The molecule has 1 N–H and O–H groups in total. The van der Waals surface area contributed by atoms with Crippen LogP contribution in [0.5, 0.6) is 0 Å². The Morgan fingerprint density at radius 1 is 0.889 bits per heavy atom. The summed E-state index contributed by atoms with van der Waals surface area (Å²) in [5, 5.41) is 4.00. The Hall–Kier alpha value is -2.16. The van der Waals surface area contributed by atoms with Crippen molar-refractivity contribution >= 4 is 22.6 Å². The molecule has 3 nitrogen and oxygen atoms in total. The molecule has 0 radical (unpaired) electrons. The van der Waals surface area contributed by atoms with Crippen LogP contribution in [0.15, 0.2) is 36.4 Å². The van der Waals surface area contributed by atoms with Crippen molar-refractivity contribution in [2.24, 2.45) is 0 Å². The monoisotopic (exact) mass is 241 g/mol. The first kappa shape index (κ1) is 12.3. The molecule has 0 saturated carbocycles. The molecule has 1 aliphatic heterocycles. The van der Waals surface area contributed by atoms with Crippen molar-refractivity contribution in [3.8, 4) is 0 Å². The molecule has 3 heteroatoms. The lowest BCUT2D eigenvalue weighted by molar-refractivity contribution is 0.0845. The zero-order chi connectivity index (χ0) is 13.1. The molecule has 2 aromatic carbocycles. The molecule has 1 aliphatic rings. The molecule has 18 heavy (non-hydrogen) atoms. The standard InChI is InChI=1S/C12H7NO2.C3H8/c14-11-8-5-1-3-7-4-2-6-9(10(7)8)12(15)13-11;1-3-2/h1-6H,(H,13,14,15);3H2,1-2H3. The van der Waals surface area contributed by atoms with Crippen LogP contribution in [0.3, 0.4) is 0 Å². The maximum Gasteiger partial charge on any atom is 0.258 e. The van der Waals surface area contributed by atoms with Gasteiger partial charge in [-0.15, -0.1) is 0 Å². The van der Waals surface area contributed by atoms with Gasteiger partial charge in [0.1, 0.15) is 0 Å². The minimum atomic E-state index is -0.315. The first-order valence-corrected chi connectivity index (χ1v) is 6.06. The highest BCUT2D eigenvalue weighted by molar-refractivity contribution is 6.25. The highest BCUT2D eigenvalue weighted by Crippen LogP contribution is 2.25. The van der Waals surface area contributed by atoms with Crippen molar-refractivity contribution in [2.45, 2.75) is 20.3 Å². The zero-order valence-corrected chi connectivity index (χ0v) is 10.5. The van der Waals surface area contributed by atoms with Crippen LogP contribution in [-0.2, 0) is 0 Å². The van der Waals surface area contributed by atoms with Gasteiger partial charge in [0.15, 0.2) is 0 Å². The SMILES string of the molecule is CCC.O=C1NC(=O)c2cccc3cccc1c23. The van der Waals surface area contributed by atoms with Gasteiger partial charge in [-0.25, -0.2) is 0 Å². The fourth-order valence-electron chi connectivity index (χ4n) is 1.96. The fourth-order valence-corrected chi connectivity index (χ4v) is 1.96. The van der Waals surface area contributed by atoms with Gasteiger partial charge < -0.3 is 0 Å². The second-order valence-corrected chi connectivity index (χ2v) is 4.20. The van der Waals surface area contributed by atoms with Crippen LogP contribution < -0.4 is 5.32 Å². The molecule has 2 aromatic rings. The van der Waals surface area contributed by atoms with E-state index in [-0.39, 0.29) is 11.8 Å². The number of rotatable bonds is 0. The van der Waals surface area contributed by atoms with Gasteiger partial charge in [-0.05, 0) is 17.5 Å². The minimum Gasteiger partial charge on any atom is -0.288 e. The van der Waals surface area contributed by atoms with E-state index in [4.69, 9.17) is 0 Å². The van der Waals surface area contributed by atoms with Crippen molar-refractivity contribution in [1.29, 1.82) is 0 Å². The molecule has 0 atom stereocenters. The normalized spacial score (nSPS) is 12.8. The average molecular weight is 241 g/mol. The molecular weight excluding hydrogens is 226 g/mol. The fraction of sp³-hybridized carbons (Fsp3) is 0.200. The van der Waals surface area contributed by atoms with E-state index in [1.165, 1.54) is 6.42 Å². The van der Waals surface area contributed by atoms with Crippen molar-refractivity contribution in [3.05, 3.63) is 47.5 Å². The number of nitrogens with one attached hydrogen (secondary N) is 1. The number of carbonyl (C=O) groups is 2. The summed E-state index contributed by atoms with van der Waals surface area (Å²) < 4.78 is 0. The van der Waals surface area contributed by atoms with E-state index in [1.54, 1.807) is 12.1 Å². The first-order chi connectivity index (χ1) is 8.69. The molecule has 0 unspecified atom stereocenters. The summed E-state index contributed by atoms with van der Waals surface area (Å²) in [7, 11) is 0. The minimum absolute atomic E-state index is 0.315. The lowest BCUT2D eigenvalue weighted by Crippen LogP contribution is -2.34. The smallest absolute Gasteiger partial charge is 0.258 e. The van der Waals surface area contributed by atoms with Gasteiger partial charge in [-0.2, -0.15) is 0 Å².